The number of benzene rings is 2. The topological polar surface area (TPSA) is 245 Å². The van der Waals surface area contributed by atoms with E-state index in [0.29, 0.717) is 137 Å². The molecule has 2 aromatic carbocycles. The molecule has 0 atom stereocenters. The highest BCUT2D eigenvalue weighted by atomic mass is 19.2. The minimum atomic E-state index is -1.92. The first kappa shape index (κ1) is 58.3. The van der Waals surface area contributed by atoms with Crippen LogP contribution in [0.5, 0.6) is 17.4 Å². The summed E-state index contributed by atoms with van der Waals surface area (Å²) in [6.07, 6.45) is 5.20. The van der Waals surface area contributed by atoms with Crippen molar-refractivity contribution < 1.29 is 60.9 Å². The van der Waals surface area contributed by atoms with Crippen molar-refractivity contribution in [2.45, 2.75) is 113 Å². The Balaban J connectivity index is 0.000000193. The molecule has 3 saturated heterocycles. The molecule has 5 aliphatic heterocycles. The summed E-state index contributed by atoms with van der Waals surface area (Å²) in [5.41, 5.74) is -1.89. The number of amides is 2. The van der Waals surface area contributed by atoms with Gasteiger partial charge in [-0.15, -0.1) is 9.36 Å². The smallest absolute Gasteiger partial charge is 0.348 e. The Labute approximate surface area is 448 Å². The number of methoxy groups -OCH3 is 1. The van der Waals surface area contributed by atoms with Gasteiger partial charge in [-0.25, -0.2) is 17.6 Å². The molecule has 1 saturated carbocycles. The summed E-state index contributed by atoms with van der Waals surface area (Å²) in [7, 11) is 7.31. The van der Waals surface area contributed by atoms with Crippen molar-refractivity contribution >= 4 is 34.9 Å². The second kappa shape index (κ2) is 24.1. The standard InChI is InChI=1S/C26H31F2N5O5.C20H25F2N3O3.C5H7N3O3.CH4/c1-31-23(33(35)36)15-19(29-31)13-17-5-7-26(28,8-6-17)24(34)32-11-9-25(10-12-32)16-21(30-37-2)20-14-18(27)3-4-22(20)38-25;1-27-24-16-13-19(28-17-3-2-14(21)12-15(16)17)6-10-25(11-7-19)18(26)20(22)4-8-23-9-5-20;1-7-5(8(9)10)3-4(6-7)11-2;/h3-4,14-15,17H,5-13,16H2,1-2H3;2-3,12,23H,4-11,13H2,1H3;3H,1-2H3;1H4/b30-21+;24-16+;;. The number of carbonyl (C=O) groups excluding carboxylic acids is 2. The zero-order valence-electron chi connectivity index (χ0n) is 43.6. The third-order valence-corrected chi connectivity index (χ3v) is 15.3. The summed E-state index contributed by atoms with van der Waals surface area (Å²) < 4.78 is 78.0. The number of oxime groups is 2. The summed E-state index contributed by atoms with van der Waals surface area (Å²) in [4.78, 5) is 59.5. The number of nitro groups is 2. The lowest BCUT2D eigenvalue weighted by Crippen LogP contribution is -2.57. The summed E-state index contributed by atoms with van der Waals surface area (Å²) in [6, 6.07) is 11.3. The number of piperidine rings is 3. The Morgan fingerprint density at radius 2 is 1.13 bits per heavy atom. The Morgan fingerprint density at radius 3 is 1.53 bits per heavy atom. The lowest BCUT2D eigenvalue weighted by atomic mass is 9.76. The minimum absolute atomic E-state index is 0. The zero-order chi connectivity index (χ0) is 55.3. The summed E-state index contributed by atoms with van der Waals surface area (Å²) in [6.45, 7) is 2.59. The predicted molar refractivity (Wildman–Crippen MR) is 276 cm³/mol. The van der Waals surface area contributed by atoms with Crippen LogP contribution in [0.2, 0.25) is 0 Å². The van der Waals surface area contributed by atoms with E-state index in [1.807, 2.05) is 0 Å². The van der Waals surface area contributed by atoms with E-state index >= 15 is 8.78 Å². The van der Waals surface area contributed by atoms with Gasteiger partial charge in [0.15, 0.2) is 11.3 Å². The number of rotatable bonds is 9. The van der Waals surface area contributed by atoms with Crippen LogP contribution in [0.3, 0.4) is 0 Å². The van der Waals surface area contributed by atoms with Crippen LogP contribution in [0.25, 0.3) is 0 Å². The fraction of sp³-hybridized carbons (Fsp3) is 0.577. The van der Waals surface area contributed by atoms with Crippen LogP contribution in [0, 0.1) is 37.8 Å². The first-order valence-electron chi connectivity index (χ1n) is 25.5. The molecular formula is C52H67F4N11O11. The summed E-state index contributed by atoms with van der Waals surface area (Å²) in [5, 5.41) is 40.5. The average molecular weight is 1100 g/mol. The predicted octanol–water partition coefficient (Wildman–Crippen LogP) is 7.49. The summed E-state index contributed by atoms with van der Waals surface area (Å²) in [5.74, 6) is -0.362. The van der Waals surface area contributed by atoms with Gasteiger partial charge < -0.3 is 59.2 Å². The van der Waals surface area contributed by atoms with Crippen LogP contribution in [0.4, 0.5) is 29.2 Å². The Kier molecular flexibility index (Phi) is 18.0. The maximum atomic E-state index is 15.9. The highest BCUT2D eigenvalue weighted by Crippen LogP contribution is 2.44. The van der Waals surface area contributed by atoms with E-state index in [0.717, 1.165) is 4.68 Å². The lowest BCUT2D eigenvalue weighted by molar-refractivity contribution is -0.392. The van der Waals surface area contributed by atoms with Gasteiger partial charge in [0, 0.05) is 88.7 Å². The van der Waals surface area contributed by atoms with Gasteiger partial charge in [-0.2, -0.15) is 0 Å². The number of hydrogen-bond donors (Lipinski definition) is 1. The van der Waals surface area contributed by atoms with Crippen LogP contribution in [-0.2, 0) is 39.8 Å². The molecule has 0 bridgehead atoms. The number of hydrogen-bond acceptors (Lipinski definition) is 16. The van der Waals surface area contributed by atoms with Gasteiger partial charge in [-0.05, 0) is 102 Å². The number of halogens is 4. The van der Waals surface area contributed by atoms with Crippen LogP contribution < -0.4 is 19.5 Å². The maximum Gasteiger partial charge on any atom is 0.348 e. The van der Waals surface area contributed by atoms with Crippen LogP contribution in [-0.4, -0.2) is 146 Å². The normalized spacial score (nSPS) is 22.7. The first-order chi connectivity index (χ1) is 36.7. The third-order valence-electron chi connectivity index (χ3n) is 15.3. The molecule has 0 unspecified atom stereocenters. The van der Waals surface area contributed by atoms with Crippen molar-refractivity contribution in [3.05, 3.63) is 97.2 Å². The lowest BCUT2D eigenvalue weighted by Gasteiger charge is -2.46. The van der Waals surface area contributed by atoms with E-state index in [-0.39, 0.29) is 62.4 Å². The second-order valence-electron chi connectivity index (χ2n) is 20.4. The van der Waals surface area contributed by atoms with Crippen molar-refractivity contribution in [2.75, 3.05) is 60.6 Å². The molecule has 26 heteroatoms. The molecule has 1 N–H and O–H groups in total. The fourth-order valence-corrected chi connectivity index (χ4v) is 11.1. The van der Waals surface area contributed by atoms with Crippen molar-refractivity contribution in [3.8, 4) is 17.4 Å². The van der Waals surface area contributed by atoms with Gasteiger partial charge in [-0.3, -0.25) is 9.59 Å². The number of carbonyl (C=O) groups is 2. The molecule has 78 heavy (non-hydrogen) atoms. The van der Waals surface area contributed by atoms with E-state index in [2.05, 4.69) is 30.6 Å². The molecule has 424 valence electrons. The van der Waals surface area contributed by atoms with Gasteiger partial charge in [0.05, 0.1) is 36.4 Å². The number of alkyl halides is 2. The highest BCUT2D eigenvalue weighted by Gasteiger charge is 2.50. The first-order valence-corrected chi connectivity index (χ1v) is 25.5. The number of nitrogens with zero attached hydrogens (tertiary/aromatic N) is 10. The Bertz CT molecular complexity index is 2880. The second-order valence-corrected chi connectivity index (χ2v) is 20.4. The third kappa shape index (κ3) is 12.8. The van der Waals surface area contributed by atoms with Crippen molar-refractivity contribution in [1.29, 1.82) is 0 Å². The van der Waals surface area contributed by atoms with E-state index in [4.69, 9.17) is 19.1 Å². The van der Waals surface area contributed by atoms with Gasteiger partial charge in [0.2, 0.25) is 0 Å². The molecule has 0 radical (unpaired) electrons. The average Bonchev–Trinajstić information content (AvgIpc) is 4.07. The van der Waals surface area contributed by atoms with Gasteiger partial charge in [0.25, 0.3) is 17.7 Å². The van der Waals surface area contributed by atoms with E-state index in [1.54, 1.807) is 21.9 Å². The Hall–Kier alpha value is -7.38. The largest absolute Gasteiger partial charge is 0.486 e. The molecule has 2 aromatic heterocycles. The molecule has 4 fully saturated rings. The Morgan fingerprint density at radius 1 is 0.692 bits per heavy atom. The molecule has 2 amide bonds. The number of ether oxygens (including phenoxy) is 3. The SMILES string of the molecule is C.CO/N=C1\CC2(CCN(C(=O)C3(F)CCC(Cc4cc([N+](=O)[O-])n(C)n4)CC3)CC2)Oc2ccc(F)cc21.CO/N=C1\CC2(CCN(C(=O)C3(F)CCNCC3)CC2)Oc2ccc(F)cc21.COc1cc([N+](=O)[O-])n(C)n1. The highest BCUT2D eigenvalue weighted by molar-refractivity contribution is 6.05. The minimum Gasteiger partial charge on any atom is -0.486 e. The molecule has 7 heterocycles. The van der Waals surface area contributed by atoms with Gasteiger partial charge in [-0.1, -0.05) is 22.8 Å². The number of nitrogens with one attached hydrogen (secondary N) is 1. The molecular weight excluding hydrogens is 1030 g/mol. The number of aryl methyl sites for hydroxylation is 2. The van der Waals surface area contributed by atoms with E-state index in [9.17, 15) is 38.6 Å². The van der Waals surface area contributed by atoms with Crippen LogP contribution >= 0.6 is 0 Å². The zero-order valence-corrected chi connectivity index (χ0v) is 43.6. The monoisotopic (exact) mass is 1100 g/mol. The maximum absolute atomic E-state index is 15.9. The van der Waals surface area contributed by atoms with Gasteiger partial charge >= 0.3 is 11.6 Å². The van der Waals surface area contributed by atoms with Gasteiger partial charge in [0.1, 0.15) is 62.7 Å². The van der Waals surface area contributed by atoms with Crippen LogP contribution in [0.15, 0.2) is 58.8 Å². The van der Waals surface area contributed by atoms with Crippen LogP contribution in [0.1, 0.15) is 101 Å². The number of aromatic nitrogens is 4. The molecule has 1 aliphatic carbocycles. The molecule has 10 rings (SSSR count). The molecule has 4 aromatic rings. The van der Waals surface area contributed by atoms with Crippen molar-refractivity contribution in [3.63, 3.8) is 0 Å². The quantitative estimate of drug-likeness (QED) is 0.0970. The molecule has 6 aliphatic rings. The van der Waals surface area contributed by atoms with E-state index < -0.39 is 50.0 Å². The van der Waals surface area contributed by atoms with Crippen molar-refractivity contribution in [2.24, 2.45) is 30.3 Å². The molecule has 22 nitrogen and oxygen atoms in total. The van der Waals surface area contributed by atoms with E-state index in [1.165, 1.54) is 76.5 Å². The van der Waals surface area contributed by atoms with Crippen molar-refractivity contribution in [1.82, 2.24) is 34.7 Å². The fourth-order valence-electron chi connectivity index (χ4n) is 11.1. The molecule has 2 spiro atoms. The summed E-state index contributed by atoms with van der Waals surface area (Å²) >= 11 is 0. The number of fused-ring (bicyclic) bond motifs is 2. The number of likely N-dealkylation sites (tertiary alicyclic amines) is 2.